The number of nitrogens with zero attached hydrogens (tertiary/aromatic N) is 1. The number of hydrogen-bond acceptors (Lipinski definition) is 3. The third kappa shape index (κ3) is 2.43. The summed E-state index contributed by atoms with van der Waals surface area (Å²) in [5, 5.41) is 12.9. The number of carbonyl (C=O) groups excluding carboxylic acids is 1. The van der Waals surface area contributed by atoms with Gasteiger partial charge in [0, 0.05) is 6.54 Å². The first-order valence-corrected chi connectivity index (χ1v) is 7.72. The number of amides is 1. The molecule has 0 aromatic carbocycles. The third-order valence-corrected chi connectivity index (χ3v) is 5.29. The number of hydrogen-bond donors (Lipinski definition) is 2. The van der Waals surface area contributed by atoms with Gasteiger partial charge in [0.15, 0.2) is 0 Å². The van der Waals surface area contributed by atoms with Crippen LogP contribution in [0, 0.1) is 5.41 Å². The predicted octanol–water partition coefficient (Wildman–Crippen LogP) is 1.62. The largest absolute Gasteiger partial charge is 0.480 e. The van der Waals surface area contributed by atoms with Crippen LogP contribution in [0.25, 0.3) is 0 Å². The van der Waals surface area contributed by atoms with E-state index in [1.165, 1.54) is 0 Å². The van der Waals surface area contributed by atoms with Crippen molar-refractivity contribution in [1.29, 1.82) is 0 Å². The van der Waals surface area contributed by atoms with E-state index in [1.54, 1.807) is 11.8 Å². The second-order valence-electron chi connectivity index (χ2n) is 6.38. The smallest absolute Gasteiger partial charge is 0.329 e. The summed E-state index contributed by atoms with van der Waals surface area (Å²) in [7, 11) is 0. The molecule has 2 aliphatic rings. The molecule has 1 unspecified atom stereocenters. The molecular weight excluding hydrogens is 256 g/mol. The van der Waals surface area contributed by atoms with Crippen LogP contribution in [-0.4, -0.2) is 47.1 Å². The molecule has 0 radical (unpaired) electrons. The van der Waals surface area contributed by atoms with E-state index in [1.807, 2.05) is 6.92 Å². The molecule has 0 aromatic heterocycles. The normalized spacial score (nSPS) is 30.0. The number of nitrogens with one attached hydrogen (secondary N) is 1. The zero-order valence-electron chi connectivity index (χ0n) is 12.6. The van der Waals surface area contributed by atoms with Crippen LogP contribution in [0.5, 0.6) is 0 Å². The molecule has 0 saturated carbocycles. The second kappa shape index (κ2) is 5.72. The van der Waals surface area contributed by atoms with Gasteiger partial charge in [-0.3, -0.25) is 4.79 Å². The van der Waals surface area contributed by atoms with E-state index in [0.29, 0.717) is 13.0 Å². The standard InChI is InChI=1S/C15H26N2O3/c1-3-15(7-9-16-10-8-15)12(18)17-11-5-4-6-14(17,2)13(19)20/h16H,3-11H2,1-2H3,(H,19,20). The maximum absolute atomic E-state index is 13.1. The molecule has 0 spiro atoms. The van der Waals surface area contributed by atoms with E-state index in [9.17, 15) is 14.7 Å². The van der Waals surface area contributed by atoms with Crippen LogP contribution >= 0.6 is 0 Å². The summed E-state index contributed by atoms with van der Waals surface area (Å²) in [6.45, 7) is 6.02. The molecule has 0 aromatic rings. The van der Waals surface area contributed by atoms with Gasteiger partial charge in [-0.05, 0) is 58.5 Å². The Morgan fingerprint density at radius 2 is 1.85 bits per heavy atom. The quantitative estimate of drug-likeness (QED) is 0.825. The lowest BCUT2D eigenvalue weighted by molar-refractivity contribution is -0.167. The summed E-state index contributed by atoms with van der Waals surface area (Å²) in [5.74, 6) is -0.808. The predicted molar refractivity (Wildman–Crippen MR) is 76.4 cm³/mol. The minimum absolute atomic E-state index is 0.0612. The first kappa shape index (κ1) is 15.3. The molecule has 114 valence electrons. The van der Waals surface area contributed by atoms with Gasteiger partial charge in [0.25, 0.3) is 0 Å². The Morgan fingerprint density at radius 3 is 2.40 bits per heavy atom. The van der Waals surface area contributed by atoms with Gasteiger partial charge < -0.3 is 15.3 Å². The summed E-state index contributed by atoms with van der Waals surface area (Å²) in [6, 6.07) is 0. The highest BCUT2D eigenvalue weighted by molar-refractivity contribution is 5.90. The highest BCUT2D eigenvalue weighted by atomic mass is 16.4. The molecule has 2 N–H and O–H groups in total. The molecule has 2 rings (SSSR count). The minimum atomic E-state index is -1.03. The molecule has 5 nitrogen and oxygen atoms in total. The van der Waals surface area contributed by atoms with E-state index < -0.39 is 11.5 Å². The van der Waals surface area contributed by atoms with E-state index in [0.717, 1.165) is 45.2 Å². The Hall–Kier alpha value is -1.10. The van der Waals surface area contributed by atoms with E-state index in [-0.39, 0.29) is 11.3 Å². The number of carboxylic acid groups (broad SMARTS) is 1. The van der Waals surface area contributed by atoms with Crippen LogP contribution in [0.1, 0.15) is 52.4 Å². The topological polar surface area (TPSA) is 69.6 Å². The molecule has 20 heavy (non-hydrogen) atoms. The highest BCUT2D eigenvalue weighted by Crippen LogP contribution is 2.39. The SMILES string of the molecule is CCC1(C(=O)N2CCCCC2(C)C(=O)O)CCNCC1. The van der Waals surface area contributed by atoms with Crippen molar-refractivity contribution in [2.24, 2.45) is 5.41 Å². The molecule has 2 saturated heterocycles. The van der Waals surface area contributed by atoms with Gasteiger partial charge in [-0.25, -0.2) is 4.79 Å². The lowest BCUT2D eigenvalue weighted by Gasteiger charge is -2.47. The zero-order chi connectivity index (χ0) is 14.8. The monoisotopic (exact) mass is 282 g/mol. The highest BCUT2D eigenvalue weighted by Gasteiger charge is 2.49. The van der Waals surface area contributed by atoms with Crippen molar-refractivity contribution in [3.05, 3.63) is 0 Å². The summed E-state index contributed by atoms with van der Waals surface area (Å²) in [4.78, 5) is 26.4. The number of carbonyl (C=O) groups is 2. The second-order valence-corrected chi connectivity index (χ2v) is 6.38. The van der Waals surface area contributed by atoms with Crippen molar-refractivity contribution in [2.45, 2.75) is 57.9 Å². The van der Waals surface area contributed by atoms with Crippen molar-refractivity contribution < 1.29 is 14.7 Å². The summed E-state index contributed by atoms with van der Waals surface area (Å²) in [6.07, 6.45) is 4.77. The van der Waals surface area contributed by atoms with Crippen molar-refractivity contribution in [1.82, 2.24) is 10.2 Å². The number of aliphatic carboxylic acids is 1. The molecule has 5 heteroatoms. The van der Waals surface area contributed by atoms with Gasteiger partial charge in [0.2, 0.25) is 5.91 Å². The number of rotatable bonds is 3. The van der Waals surface area contributed by atoms with Crippen molar-refractivity contribution in [3.63, 3.8) is 0 Å². The summed E-state index contributed by atoms with van der Waals surface area (Å²) >= 11 is 0. The Morgan fingerprint density at radius 1 is 1.20 bits per heavy atom. The molecule has 2 fully saturated rings. The third-order valence-electron chi connectivity index (χ3n) is 5.29. The number of piperidine rings is 2. The molecule has 1 amide bonds. The van der Waals surface area contributed by atoms with Crippen LogP contribution in [0.4, 0.5) is 0 Å². The Kier molecular flexibility index (Phi) is 4.37. The van der Waals surface area contributed by atoms with Crippen molar-refractivity contribution in [3.8, 4) is 0 Å². The molecule has 1 atom stereocenters. The first-order chi connectivity index (χ1) is 9.46. The zero-order valence-corrected chi connectivity index (χ0v) is 12.6. The van der Waals surface area contributed by atoms with Crippen LogP contribution < -0.4 is 5.32 Å². The molecule has 2 aliphatic heterocycles. The van der Waals surface area contributed by atoms with Crippen molar-refractivity contribution >= 4 is 11.9 Å². The number of likely N-dealkylation sites (tertiary alicyclic amines) is 1. The lowest BCUT2D eigenvalue weighted by Crippen LogP contribution is -2.61. The minimum Gasteiger partial charge on any atom is -0.480 e. The maximum atomic E-state index is 13.1. The van der Waals surface area contributed by atoms with Gasteiger partial charge in [0.05, 0.1) is 5.41 Å². The molecule has 2 heterocycles. The summed E-state index contributed by atoms with van der Waals surface area (Å²) < 4.78 is 0. The van der Waals surface area contributed by atoms with Crippen LogP contribution in [-0.2, 0) is 9.59 Å². The average Bonchev–Trinajstić information content (AvgIpc) is 2.47. The van der Waals surface area contributed by atoms with Crippen LogP contribution in [0.2, 0.25) is 0 Å². The Bertz CT molecular complexity index is 391. The Labute approximate surface area is 120 Å². The van der Waals surface area contributed by atoms with Crippen molar-refractivity contribution in [2.75, 3.05) is 19.6 Å². The van der Waals surface area contributed by atoms with E-state index in [2.05, 4.69) is 5.32 Å². The molecule has 0 bridgehead atoms. The van der Waals surface area contributed by atoms with Gasteiger partial charge in [0.1, 0.15) is 5.54 Å². The van der Waals surface area contributed by atoms with Gasteiger partial charge in [-0.15, -0.1) is 0 Å². The first-order valence-electron chi connectivity index (χ1n) is 7.72. The average molecular weight is 282 g/mol. The fourth-order valence-corrected chi connectivity index (χ4v) is 3.58. The lowest BCUT2D eigenvalue weighted by atomic mass is 9.73. The molecule has 0 aliphatic carbocycles. The maximum Gasteiger partial charge on any atom is 0.329 e. The van der Waals surface area contributed by atoms with E-state index in [4.69, 9.17) is 0 Å². The molecular formula is C15H26N2O3. The van der Waals surface area contributed by atoms with Gasteiger partial charge in [-0.1, -0.05) is 6.92 Å². The van der Waals surface area contributed by atoms with Gasteiger partial charge >= 0.3 is 5.97 Å². The Balaban J connectivity index is 2.27. The fraction of sp³-hybridized carbons (Fsp3) is 0.867. The van der Waals surface area contributed by atoms with Crippen LogP contribution in [0.3, 0.4) is 0 Å². The fourth-order valence-electron chi connectivity index (χ4n) is 3.58. The number of carboxylic acids is 1. The van der Waals surface area contributed by atoms with E-state index >= 15 is 0 Å². The van der Waals surface area contributed by atoms with Crippen LogP contribution in [0.15, 0.2) is 0 Å². The van der Waals surface area contributed by atoms with Gasteiger partial charge in [-0.2, -0.15) is 0 Å². The summed E-state index contributed by atoms with van der Waals surface area (Å²) in [5.41, 5.74) is -1.39.